The van der Waals surface area contributed by atoms with Gasteiger partial charge in [0.05, 0.1) is 0 Å². The molecule has 0 saturated carbocycles. The van der Waals surface area contributed by atoms with E-state index in [0.29, 0.717) is 11.1 Å². The Morgan fingerprint density at radius 2 is 0.960 bits per heavy atom. The number of hydrogen-bond donors (Lipinski definition) is 0. The molecule has 25 heavy (non-hydrogen) atoms. The van der Waals surface area contributed by atoms with Crippen molar-refractivity contribution in [3.63, 3.8) is 0 Å². The molecule has 0 aliphatic heterocycles. The molecule has 4 nitrogen and oxygen atoms in total. The van der Waals surface area contributed by atoms with Crippen LogP contribution in [0.2, 0.25) is 0 Å². The molecule has 5 heteroatoms. The third kappa shape index (κ3) is 9.30. The van der Waals surface area contributed by atoms with E-state index in [4.69, 9.17) is 10.8 Å². The maximum Gasteiger partial charge on any atom is 2.00 e. The summed E-state index contributed by atoms with van der Waals surface area (Å²) < 4.78 is 0. The molecular formula is C20H18CuN2O2-2. The number of carbonyl (C=O) groups excluding carboxylic acids is 2. The van der Waals surface area contributed by atoms with Crippen LogP contribution in [0.1, 0.15) is 34.6 Å². The molecule has 133 valence electrons. The molecule has 0 heterocycles. The predicted molar refractivity (Wildman–Crippen MR) is 98.2 cm³/mol. The molecule has 0 atom stereocenters. The quantitative estimate of drug-likeness (QED) is 0.325. The predicted octanol–water partition coefficient (Wildman–Crippen LogP) is 4.21. The van der Waals surface area contributed by atoms with Crippen LogP contribution >= 0.6 is 0 Å². The molecule has 0 aromatic heterocycles. The fourth-order valence-electron chi connectivity index (χ4n) is 1.75. The van der Waals surface area contributed by atoms with Gasteiger partial charge in [0.15, 0.2) is 0 Å². The summed E-state index contributed by atoms with van der Waals surface area (Å²) in [5.74, 6) is -0.341. The van der Waals surface area contributed by atoms with Gasteiger partial charge >= 0.3 is 17.1 Å². The fourth-order valence-corrected chi connectivity index (χ4v) is 1.75. The molecule has 1 radical (unpaired) electrons. The van der Waals surface area contributed by atoms with Crippen LogP contribution in [0.25, 0.3) is 10.8 Å². The summed E-state index contributed by atoms with van der Waals surface area (Å²) in [7, 11) is 0. The molecule has 0 fully saturated rings. The van der Waals surface area contributed by atoms with Crippen LogP contribution in [0.4, 0.5) is 0 Å². The molecule has 0 amide bonds. The van der Waals surface area contributed by atoms with Crippen LogP contribution in [0, 0.1) is 12.8 Å². The van der Waals surface area contributed by atoms with Crippen LogP contribution in [0.15, 0.2) is 60.7 Å². The van der Waals surface area contributed by atoms with Gasteiger partial charge in [-0.3, -0.25) is 11.4 Å². The molecular weight excluding hydrogens is 364 g/mol. The van der Waals surface area contributed by atoms with E-state index in [9.17, 15) is 9.59 Å². The summed E-state index contributed by atoms with van der Waals surface area (Å²) in [5.41, 5.74) is 1.24. The number of rotatable bonds is 6. The van der Waals surface area contributed by atoms with Gasteiger partial charge in [-0.05, 0) is 0 Å². The minimum absolute atomic E-state index is 0. The van der Waals surface area contributed by atoms with E-state index in [0.717, 1.165) is 0 Å². The second-order valence-electron chi connectivity index (χ2n) is 5.03. The van der Waals surface area contributed by atoms with Crippen molar-refractivity contribution in [1.82, 2.24) is 0 Å². The zero-order valence-corrected chi connectivity index (χ0v) is 14.9. The Labute approximate surface area is 159 Å². The van der Waals surface area contributed by atoms with E-state index in [1.54, 1.807) is 48.5 Å². The minimum Gasteiger partial charge on any atom is -0.824 e. The van der Waals surface area contributed by atoms with Gasteiger partial charge in [-0.1, -0.05) is 50.2 Å². The van der Waals surface area contributed by atoms with E-state index >= 15 is 0 Å². The summed E-state index contributed by atoms with van der Waals surface area (Å²) in [6, 6.07) is 17.7. The normalized spacial score (nSPS) is 8.72. The van der Waals surface area contributed by atoms with Crippen molar-refractivity contribution in [2.75, 3.05) is 0 Å². The molecule has 0 aliphatic carbocycles. The first-order valence-electron chi connectivity index (χ1n) is 7.33. The average molecular weight is 382 g/mol. The van der Waals surface area contributed by atoms with Crippen molar-refractivity contribution >= 4 is 23.0 Å². The van der Waals surface area contributed by atoms with Crippen molar-refractivity contribution in [2.24, 2.45) is 0 Å². The Balaban J connectivity index is 0.000000443. The van der Waals surface area contributed by atoms with Crippen molar-refractivity contribution in [3.05, 3.63) is 95.5 Å². The molecule has 0 saturated heterocycles. The molecule has 0 aliphatic rings. The van der Waals surface area contributed by atoms with Gasteiger partial charge in [0.2, 0.25) is 0 Å². The van der Waals surface area contributed by atoms with Crippen LogP contribution < -0.4 is 0 Å². The summed E-state index contributed by atoms with van der Waals surface area (Å²) in [5, 5.41) is 17.6. The molecule has 0 unspecified atom stereocenters. The largest absolute Gasteiger partial charge is 2.00 e. The first-order valence-corrected chi connectivity index (χ1v) is 7.33. The molecule has 0 N–H and O–H groups in total. The third-order valence-electron chi connectivity index (χ3n) is 2.80. The molecule has 2 aromatic rings. The van der Waals surface area contributed by atoms with Gasteiger partial charge < -0.3 is 20.4 Å². The Bertz CT molecular complexity index is 649. The van der Waals surface area contributed by atoms with Crippen molar-refractivity contribution in [1.29, 1.82) is 0 Å². The Morgan fingerprint density at radius 3 is 1.20 bits per heavy atom. The first kappa shape index (κ1) is 22.4. The SMILES string of the molecule is CC(=[N-])[CH-]C(=O)c1ccccc1.CC(=[N-])[CH-]C(=O)c1ccccc1.[Cu+2]. The van der Waals surface area contributed by atoms with Gasteiger partial charge in [0, 0.05) is 11.6 Å². The summed E-state index contributed by atoms with van der Waals surface area (Å²) in [6.07, 6.45) is 2.41. The standard InChI is InChI=1S/2C10H9NO.Cu/c2*1-8(11)7-10(12)9-5-3-2-4-6-9;/h2*2-7H,1H3;/q2*-2;+2. The fraction of sp³-hybridized carbons (Fsp3) is 0.100. The number of benzene rings is 2. The Morgan fingerprint density at radius 1 is 0.680 bits per heavy atom. The van der Waals surface area contributed by atoms with E-state index in [1.165, 1.54) is 26.7 Å². The number of ketones is 2. The topological polar surface area (TPSA) is 78.7 Å². The number of nitrogens with zero attached hydrogens (tertiary/aromatic N) is 2. The van der Waals surface area contributed by atoms with Gasteiger partial charge in [0.25, 0.3) is 0 Å². The minimum atomic E-state index is -0.171. The summed E-state index contributed by atoms with van der Waals surface area (Å²) in [6.45, 7) is 2.95. The van der Waals surface area contributed by atoms with E-state index < -0.39 is 0 Å². The first-order chi connectivity index (χ1) is 11.4. The van der Waals surface area contributed by atoms with Gasteiger partial charge in [-0.15, -0.1) is 35.4 Å². The van der Waals surface area contributed by atoms with Crippen LogP contribution in [-0.4, -0.2) is 23.0 Å². The van der Waals surface area contributed by atoms with Gasteiger partial charge in [-0.25, -0.2) is 0 Å². The molecule has 0 spiro atoms. The van der Waals surface area contributed by atoms with E-state index in [2.05, 4.69) is 0 Å². The van der Waals surface area contributed by atoms with Gasteiger partial charge in [-0.2, -0.15) is 12.8 Å². The molecule has 0 bridgehead atoms. The van der Waals surface area contributed by atoms with Crippen LogP contribution in [0.3, 0.4) is 0 Å². The van der Waals surface area contributed by atoms with Crippen LogP contribution in [-0.2, 0) is 17.1 Å². The van der Waals surface area contributed by atoms with E-state index in [-0.39, 0.29) is 40.1 Å². The number of carbonyl (C=O) groups is 2. The molecule has 2 aromatic carbocycles. The van der Waals surface area contributed by atoms with Crippen LogP contribution in [0.5, 0.6) is 0 Å². The molecule has 2 rings (SSSR count). The second kappa shape index (κ2) is 11.8. The van der Waals surface area contributed by atoms with E-state index in [1.807, 2.05) is 12.1 Å². The van der Waals surface area contributed by atoms with Crippen molar-refractivity contribution in [2.45, 2.75) is 13.8 Å². The second-order valence-corrected chi connectivity index (χ2v) is 5.03. The average Bonchev–Trinajstić information content (AvgIpc) is 2.56. The summed E-state index contributed by atoms with van der Waals surface area (Å²) in [4.78, 5) is 22.4. The zero-order chi connectivity index (χ0) is 17.9. The number of hydrogen-bond acceptors (Lipinski definition) is 2. The maximum absolute atomic E-state index is 11.2. The zero-order valence-electron chi connectivity index (χ0n) is 13.9. The number of Topliss-reactive ketones (excluding diaryl/α,β-unsaturated/α-hetero) is 2. The summed E-state index contributed by atoms with van der Waals surface area (Å²) >= 11 is 0. The Hall–Kier alpha value is -2.62. The smallest absolute Gasteiger partial charge is 0.824 e. The monoisotopic (exact) mass is 381 g/mol. The Kier molecular flexibility index (Phi) is 10.6. The van der Waals surface area contributed by atoms with Gasteiger partial charge in [0.1, 0.15) is 0 Å². The third-order valence-corrected chi connectivity index (χ3v) is 2.80. The van der Waals surface area contributed by atoms with Crippen molar-refractivity contribution in [3.8, 4) is 0 Å². The van der Waals surface area contributed by atoms with Crippen molar-refractivity contribution < 1.29 is 26.7 Å². The maximum atomic E-state index is 11.2.